The zero-order valence-electron chi connectivity index (χ0n) is 5.85. The molecule has 0 radical (unpaired) electrons. The summed E-state index contributed by atoms with van der Waals surface area (Å²) in [5.41, 5.74) is 0. The van der Waals surface area contributed by atoms with Crippen LogP contribution in [0.3, 0.4) is 0 Å². The molecule has 0 aromatic carbocycles. The zero-order valence-corrected chi connectivity index (χ0v) is 5.85. The zero-order chi connectivity index (χ0) is 5.98. The van der Waals surface area contributed by atoms with Crippen molar-refractivity contribution in [3.63, 3.8) is 0 Å². The lowest BCUT2D eigenvalue weighted by atomic mass is 10.2. The van der Waals surface area contributed by atoms with Crippen molar-refractivity contribution in [3.05, 3.63) is 0 Å². The van der Waals surface area contributed by atoms with E-state index in [1.807, 2.05) is 0 Å². The van der Waals surface area contributed by atoms with Crippen LogP contribution in [0.25, 0.3) is 0 Å². The third kappa shape index (κ3) is 1.48. The van der Waals surface area contributed by atoms with Gasteiger partial charge in [-0.05, 0) is 13.3 Å². The molecular formula is C7H15N. The summed E-state index contributed by atoms with van der Waals surface area (Å²) in [6, 6.07) is 0.861. The van der Waals surface area contributed by atoms with Crippen LogP contribution >= 0.6 is 0 Å². The number of nitrogens with zero attached hydrogens (tertiary/aromatic N) is 1. The van der Waals surface area contributed by atoms with Gasteiger partial charge >= 0.3 is 0 Å². The smallest absolute Gasteiger partial charge is 0.0113 e. The van der Waals surface area contributed by atoms with Crippen molar-refractivity contribution < 1.29 is 0 Å². The van der Waals surface area contributed by atoms with Crippen LogP contribution in [-0.2, 0) is 0 Å². The lowest BCUT2D eigenvalue weighted by molar-refractivity contribution is 0.400. The van der Waals surface area contributed by atoms with Crippen molar-refractivity contribution >= 4 is 0 Å². The third-order valence-corrected chi connectivity index (χ3v) is 1.81. The van der Waals surface area contributed by atoms with Crippen molar-refractivity contribution in [2.45, 2.75) is 32.7 Å². The Hall–Kier alpha value is -0.0400. The summed E-state index contributed by atoms with van der Waals surface area (Å²) in [6.07, 6.45) is 2.71. The fraction of sp³-hybridized carbons (Fsp3) is 1.00. The van der Waals surface area contributed by atoms with Crippen LogP contribution in [0, 0.1) is 0 Å². The first-order valence-corrected chi connectivity index (χ1v) is 3.58. The Labute approximate surface area is 51.7 Å². The Balaban J connectivity index is 2.03. The van der Waals surface area contributed by atoms with Crippen molar-refractivity contribution in [1.82, 2.24) is 4.90 Å². The molecule has 1 heterocycles. The van der Waals surface area contributed by atoms with Crippen LogP contribution in [0.2, 0.25) is 0 Å². The topological polar surface area (TPSA) is 3.01 Å². The molecule has 1 aliphatic heterocycles. The minimum absolute atomic E-state index is 0.861. The first-order valence-electron chi connectivity index (χ1n) is 3.58. The maximum absolute atomic E-state index is 2.50. The van der Waals surface area contributed by atoms with E-state index in [1.165, 1.54) is 25.9 Å². The Morgan fingerprint density at radius 1 is 1.50 bits per heavy atom. The molecule has 1 atom stereocenters. The first kappa shape index (κ1) is 6.09. The molecule has 0 aromatic heterocycles. The normalized spacial score (nSPS) is 23.2. The second kappa shape index (κ2) is 2.49. The molecule has 0 N–H and O–H groups in total. The quantitative estimate of drug-likeness (QED) is 0.501. The summed E-state index contributed by atoms with van der Waals surface area (Å²) >= 11 is 0. The van der Waals surface area contributed by atoms with Gasteiger partial charge in [0, 0.05) is 19.1 Å². The predicted molar refractivity (Wildman–Crippen MR) is 35.9 cm³/mol. The summed E-state index contributed by atoms with van der Waals surface area (Å²) in [6.45, 7) is 7.26. The van der Waals surface area contributed by atoms with Crippen LogP contribution in [0.1, 0.15) is 26.7 Å². The van der Waals surface area contributed by atoms with E-state index in [-0.39, 0.29) is 0 Å². The van der Waals surface area contributed by atoms with E-state index < -0.39 is 0 Å². The minimum atomic E-state index is 0.861. The molecule has 0 bridgehead atoms. The van der Waals surface area contributed by atoms with Crippen molar-refractivity contribution in [2.24, 2.45) is 0 Å². The number of rotatable bonds is 3. The highest BCUT2D eigenvalue weighted by molar-refractivity contribution is 4.78. The highest BCUT2D eigenvalue weighted by Crippen LogP contribution is 2.13. The maximum atomic E-state index is 2.50. The van der Waals surface area contributed by atoms with Gasteiger partial charge in [-0.3, -0.25) is 4.90 Å². The van der Waals surface area contributed by atoms with E-state index in [9.17, 15) is 0 Å². The lowest BCUT2D eigenvalue weighted by Crippen LogP contribution is -2.12. The van der Waals surface area contributed by atoms with Gasteiger partial charge in [-0.25, -0.2) is 0 Å². The molecular weight excluding hydrogens is 98.1 g/mol. The van der Waals surface area contributed by atoms with E-state index in [0.717, 1.165) is 6.04 Å². The molecule has 1 unspecified atom stereocenters. The number of hydrogen-bond acceptors (Lipinski definition) is 1. The van der Waals surface area contributed by atoms with Crippen LogP contribution < -0.4 is 0 Å². The molecule has 1 aliphatic rings. The minimum Gasteiger partial charge on any atom is -0.298 e. The molecule has 0 amide bonds. The van der Waals surface area contributed by atoms with Gasteiger partial charge in [0.2, 0.25) is 0 Å². The van der Waals surface area contributed by atoms with Gasteiger partial charge in [0.1, 0.15) is 0 Å². The average molecular weight is 113 g/mol. The molecule has 0 spiro atoms. The molecule has 1 heteroatoms. The first-order chi connectivity index (χ1) is 3.84. The van der Waals surface area contributed by atoms with E-state index in [0.29, 0.717) is 0 Å². The van der Waals surface area contributed by atoms with Crippen LogP contribution in [0.4, 0.5) is 0 Å². The van der Waals surface area contributed by atoms with Crippen LogP contribution in [0.15, 0.2) is 0 Å². The maximum Gasteiger partial charge on any atom is 0.0113 e. The summed E-state index contributed by atoms with van der Waals surface area (Å²) in [4.78, 5) is 2.50. The van der Waals surface area contributed by atoms with E-state index >= 15 is 0 Å². The Morgan fingerprint density at radius 3 is 2.50 bits per heavy atom. The van der Waals surface area contributed by atoms with Gasteiger partial charge in [-0.1, -0.05) is 13.3 Å². The van der Waals surface area contributed by atoms with Gasteiger partial charge in [0.15, 0.2) is 0 Å². The van der Waals surface area contributed by atoms with Gasteiger partial charge in [-0.15, -0.1) is 0 Å². The Bertz CT molecular complexity index is 66.8. The van der Waals surface area contributed by atoms with Crippen molar-refractivity contribution in [1.29, 1.82) is 0 Å². The summed E-state index contributed by atoms with van der Waals surface area (Å²) in [5, 5.41) is 0. The van der Waals surface area contributed by atoms with Crippen LogP contribution in [-0.4, -0.2) is 24.0 Å². The summed E-state index contributed by atoms with van der Waals surface area (Å²) in [7, 11) is 0. The molecule has 8 heavy (non-hydrogen) atoms. The van der Waals surface area contributed by atoms with Gasteiger partial charge < -0.3 is 0 Å². The Morgan fingerprint density at radius 2 is 2.12 bits per heavy atom. The van der Waals surface area contributed by atoms with E-state index in [1.54, 1.807) is 0 Å². The molecule has 0 aromatic rings. The molecule has 0 aliphatic carbocycles. The Kier molecular flexibility index (Phi) is 1.90. The fourth-order valence-corrected chi connectivity index (χ4v) is 1.10. The standard InChI is InChI=1S/C7H15N/c1-3-4-7(2)8-5-6-8/h7H,3-6H2,1-2H3. The summed E-state index contributed by atoms with van der Waals surface area (Å²) < 4.78 is 0. The monoisotopic (exact) mass is 113 g/mol. The summed E-state index contributed by atoms with van der Waals surface area (Å²) in [5.74, 6) is 0. The largest absolute Gasteiger partial charge is 0.298 e. The highest BCUT2D eigenvalue weighted by Gasteiger charge is 2.22. The second-order valence-electron chi connectivity index (χ2n) is 2.67. The molecule has 1 rings (SSSR count). The SMILES string of the molecule is CCCC(C)N1CC1. The lowest BCUT2D eigenvalue weighted by Gasteiger charge is -2.08. The predicted octanol–water partition coefficient (Wildman–Crippen LogP) is 1.49. The molecule has 1 fully saturated rings. The molecule has 1 nitrogen and oxygen atoms in total. The van der Waals surface area contributed by atoms with Crippen LogP contribution in [0.5, 0.6) is 0 Å². The highest BCUT2D eigenvalue weighted by atomic mass is 15.3. The number of hydrogen-bond donors (Lipinski definition) is 0. The van der Waals surface area contributed by atoms with Gasteiger partial charge in [0.25, 0.3) is 0 Å². The van der Waals surface area contributed by atoms with Crippen molar-refractivity contribution in [2.75, 3.05) is 13.1 Å². The fourth-order valence-electron chi connectivity index (χ4n) is 1.10. The molecule has 1 saturated heterocycles. The van der Waals surface area contributed by atoms with Crippen molar-refractivity contribution in [3.8, 4) is 0 Å². The molecule has 48 valence electrons. The third-order valence-electron chi connectivity index (χ3n) is 1.81. The molecule has 0 saturated carbocycles. The second-order valence-corrected chi connectivity index (χ2v) is 2.67. The van der Waals surface area contributed by atoms with E-state index in [2.05, 4.69) is 18.7 Å². The van der Waals surface area contributed by atoms with Gasteiger partial charge in [0.05, 0.1) is 0 Å². The average Bonchev–Trinajstić information content (AvgIpc) is 2.45. The van der Waals surface area contributed by atoms with E-state index in [4.69, 9.17) is 0 Å². The van der Waals surface area contributed by atoms with Gasteiger partial charge in [-0.2, -0.15) is 0 Å².